The summed E-state index contributed by atoms with van der Waals surface area (Å²) >= 11 is 0. The molecule has 0 aliphatic carbocycles. The molecule has 9 aromatic carbocycles. The zero-order chi connectivity index (χ0) is 36.5. The van der Waals surface area contributed by atoms with Crippen molar-refractivity contribution in [3.63, 3.8) is 0 Å². The SMILES string of the molecule is [C-]#[N+]c1ccc2ccc(-c3cc4nc(-c5ccc6ccccc6c5)c(-n5c6ccccc6c6cc7ccccc7cc65)nc4cc3-c3ccccc3)cc2c1. The predicted octanol–water partition coefficient (Wildman–Crippen LogP) is 13.7. The Morgan fingerprint density at radius 2 is 1.00 bits per heavy atom. The lowest BCUT2D eigenvalue weighted by Gasteiger charge is -2.17. The van der Waals surface area contributed by atoms with Gasteiger partial charge in [-0.15, -0.1) is 0 Å². The number of hydrogen-bond acceptors (Lipinski definition) is 2. The van der Waals surface area contributed by atoms with Crippen molar-refractivity contribution in [3.05, 3.63) is 193 Å². The Balaban J connectivity index is 1.25. The summed E-state index contributed by atoms with van der Waals surface area (Å²) in [5, 5.41) is 9.19. The fraction of sp³-hybridized carbons (Fsp3) is 0. The molecule has 55 heavy (non-hydrogen) atoms. The maximum absolute atomic E-state index is 7.61. The van der Waals surface area contributed by atoms with Gasteiger partial charge >= 0.3 is 0 Å². The average molecular weight is 699 g/mol. The fourth-order valence-electron chi connectivity index (χ4n) is 8.23. The van der Waals surface area contributed by atoms with Gasteiger partial charge in [0.05, 0.1) is 28.6 Å². The van der Waals surface area contributed by atoms with Crippen LogP contribution in [-0.4, -0.2) is 14.5 Å². The molecular formula is C51H30N4. The monoisotopic (exact) mass is 698 g/mol. The van der Waals surface area contributed by atoms with Gasteiger partial charge in [0.25, 0.3) is 0 Å². The van der Waals surface area contributed by atoms with E-state index in [0.29, 0.717) is 5.69 Å². The molecule has 254 valence electrons. The second-order valence-electron chi connectivity index (χ2n) is 14.1. The van der Waals surface area contributed by atoms with Crippen LogP contribution in [0.2, 0.25) is 0 Å². The lowest BCUT2D eigenvalue weighted by molar-refractivity contribution is 1.08. The van der Waals surface area contributed by atoms with E-state index in [9.17, 15) is 0 Å². The minimum Gasteiger partial charge on any atom is -0.292 e. The summed E-state index contributed by atoms with van der Waals surface area (Å²) in [6.45, 7) is 7.61. The Bertz CT molecular complexity index is 3390. The van der Waals surface area contributed by atoms with E-state index < -0.39 is 0 Å². The van der Waals surface area contributed by atoms with Crippen molar-refractivity contribution in [2.24, 2.45) is 0 Å². The van der Waals surface area contributed by atoms with Crippen LogP contribution in [0, 0.1) is 6.57 Å². The standard InChI is InChI=1S/C51H30N4/c1-52-41-24-23-33-19-21-38(26-40(33)27-41)44-31-46-47(30-43(44)34-12-3-2-4-13-34)54-51(50(53-46)39-22-20-32-11-5-6-14-35(32)25-39)55-48-18-10-9-17-42(48)45-28-36-15-7-8-16-37(36)29-49(45)55/h2-31H. The van der Waals surface area contributed by atoms with E-state index in [1.165, 1.54) is 26.9 Å². The molecule has 11 rings (SSSR count). The molecule has 2 aromatic heterocycles. The smallest absolute Gasteiger partial charge is 0.187 e. The highest BCUT2D eigenvalue weighted by Crippen LogP contribution is 2.41. The van der Waals surface area contributed by atoms with Crippen LogP contribution < -0.4 is 0 Å². The fourth-order valence-corrected chi connectivity index (χ4v) is 8.23. The molecule has 0 radical (unpaired) electrons. The molecule has 0 unspecified atom stereocenters. The first-order valence-corrected chi connectivity index (χ1v) is 18.4. The second kappa shape index (κ2) is 12.2. The van der Waals surface area contributed by atoms with Crippen LogP contribution in [0.25, 0.3) is 109 Å². The number of fused-ring (bicyclic) bond motifs is 7. The van der Waals surface area contributed by atoms with Crippen molar-refractivity contribution in [1.82, 2.24) is 14.5 Å². The molecule has 0 atom stereocenters. The van der Waals surface area contributed by atoms with Crippen LogP contribution in [0.15, 0.2) is 182 Å². The molecule has 4 nitrogen and oxygen atoms in total. The number of nitrogens with zero attached hydrogens (tertiary/aromatic N) is 4. The number of aromatic nitrogens is 3. The first-order valence-electron chi connectivity index (χ1n) is 18.4. The van der Waals surface area contributed by atoms with E-state index in [1.807, 2.05) is 24.3 Å². The first kappa shape index (κ1) is 31.0. The van der Waals surface area contributed by atoms with Gasteiger partial charge in [-0.2, -0.15) is 0 Å². The minimum absolute atomic E-state index is 0.628. The lowest BCUT2D eigenvalue weighted by atomic mass is 9.92. The lowest BCUT2D eigenvalue weighted by Crippen LogP contribution is -2.04. The van der Waals surface area contributed by atoms with Crippen LogP contribution in [0.1, 0.15) is 0 Å². The number of hydrogen-bond donors (Lipinski definition) is 0. The largest absolute Gasteiger partial charge is 0.292 e. The number of benzene rings is 9. The van der Waals surface area contributed by atoms with Crippen LogP contribution in [-0.2, 0) is 0 Å². The summed E-state index contributed by atoms with van der Waals surface area (Å²) in [7, 11) is 0. The maximum atomic E-state index is 7.61. The summed E-state index contributed by atoms with van der Waals surface area (Å²) in [5.74, 6) is 0.786. The van der Waals surface area contributed by atoms with Crippen molar-refractivity contribution < 1.29 is 0 Å². The molecular weight excluding hydrogens is 669 g/mol. The molecule has 4 heteroatoms. The van der Waals surface area contributed by atoms with Gasteiger partial charge in [0.1, 0.15) is 5.69 Å². The Morgan fingerprint density at radius 3 is 1.80 bits per heavy atom. The average Bonchev–Trinajstić information content (AvgIpc) is 3.57. The van der Waals surface area contributed by atoms with E-state index in [4.69, 9.17) is 16.5 Å². The summed E-state index contributed by atoms with van der Waals surface area (Å²) in [6.07, 6.45) is 0. The molecule has 0 saturated carbocycles. The Morgan fingerprint density at radius 1 is 0.400 bits per heavy atom. The van der Waals surface area contributed by atoms with Gasteiger partial charge in [0, 0.05) is 16.3 Å². The summed E-state index contributed by atoms with van der Waals surface area (Å²) < 4.78 is 2.31. The van der Waals surface area contributed by atoms with E-state index in [-0.39, 0.29) is 0 Å². The van der Waals surface area contributed by atoms with Gasteiger partial charge in [-0.3, -0.25) is 4.57 Å². The summed E-state index contributed by atoms with van der Waals surface area (Å²) in [4.78, 5) is 14.9. The molecule has 0 aliphatic rings. The molecule has 11 aromatic rings. The topological polar surface area (TPSA) is 35.1 Å². The van der Waals surface area contributed by atoms with Gasteiger partial charge in [-0.25, -0.2) is 14.8 Å². The van der Waals surface area contributed by atoms with E-state index in [0.717, 1.165) is 77.6 Å². The van der Waals surface area contributed by atoms with Gasteiger partial charge in [-0.1, -0.05) is 133 Å². The number of para-hydroxylation sites is 1. The molecule has 0 aliphatic heterocycles. The molecule has 0 bridgehead atoms. The number of rotatable bonds is 4. The van der Waals surface area contributed by atoms with E-state index >= 15 is 0 Å². The highest BCUT2D eigenvalue weighted by atomic mass is 15.1. The third-order valence-corrected chi connectivity index (χ3v) is 10.9. The Labute approximate surface area is 317 Å². The summed E-state index contributed by atoms with van der Waals surface area (Å²) in [6, 6.07) is 64.0. The Hall–Kier alpha value is -7.61. The second-order valence-corrected chi connectivity index (χ2v) is 14.1. The van der Waals surface area contributed by atoms with Crippen LogP contribution in [0.5, 0.6) is 0 Å². The molecule has 0 saturated heterocycles. The minimum atomic E-state index is 0.628. The zero-order valence-corrected chi connectivity index (χ0v) is 29.6. The molecule has 0 fully saturated rings. The zero-order valence-electron chi connectivity index (χ0n) is 29.6. The third-order valence-electron chi connectivity index (χ3n) is 10.9. The van der Waals surface area contributed by atoms with Crippen molar-refractivity contribution >= 4 is 70.8 Å². The van der Waals surface area contributed by atoms with Gasteiger partial charge in [0.15, 0.2) is 11.5 Å². The van der Waals surface area contributed by atoms with Gasteiger partial charge in [0.2, 0.25) is 0 Å². The molecule has 0 amide bonds. The van der Waals surface area contributed by atoms with Crippen molar-refractivity contribution in [2.45, 2.75) is 0 Å². The molecule has 0 N–H and O–H groups in total. The van der Waals surface area contributed by atoms with Crippen molar-refractivity contribution in [3.8, 4) is 39.3 Å². The third kappa shape index (κ3) is 5.06. The highest BCUT2D eigenvalue weighted by molar-refractivity contribution is 6.14. The van der Waals surface area contributed by atoms with E-state index in [1.54, 1.807) is 0 Å². The van der Waals surface area contributed by atoms with Crippen LogP contribution >= 0.6 is 0 Å². The summed E-state index contributed by atoms with van der Waals surface area (Å²) in [5.41, 5.74) is 10.5. The predicted molar refractivity (Wildman–Crippen MR) is 229 cm³/mol. The van der Waals surface area contributed by atoms with Crippen LogP contribution in [0.4, 0.5) is 5.69 Å². The maximum Gasteiger partial charge on any atom is 0.187 e. The van der Waals surface area contributed by atoms with Crippen LogP contribution in [0.3, 0.4) is 0 Å². The van der Waals surface area contributed by atoms with E-state index in [2.05, 4.69) is 167 Å². The first-order chi connectivity index (χ1) is 27.2. The quantitative estimate of drug-likeness (QED) is 0.172. The molecule has 2 heterocycles. The normalized spacial score (nSPS) is 11.6. The van der Waals surface area contributed by atoms with Gasteiger partial charge < -0.3 is 0 Å². The van der Waals surface area contributed by atoms with Crippen molar-refractivity contribution in [1.29, 1.82) is 0 Å². The highest BCUT2D eigenvalue weighted by Gasteiger charge is 2.21. The Kier molecular flexibility index (Phi) is 6.89. The van der Waals surface area contributed by atoms with Gasteiger partial charge in [-0.05, 0) is 103 Å². The molecule has 0 spiro atoms. The van der Waals surface area contributed by atoms with Crippen molar-refractivity contribution in [2.75, 3.05) is 0 Å².